The van der Waals surface area contributed by atoms with Gasteiger partial charge in [0, 0.05) is 28.7 Å². The van der Waals surface area contributed by atoms with Crippen molar-refractivity contribution in [2.75, 3.05) is 23.8 Å². The largest absolute Gasteiger partial charge is 0.462 e. The normalized spacial score (nSPS) is 10.5. The second kappa shape index (κ2) is 13.7. The molecule has 0 aliphatic carbocycles. The molecule has 0 bridgehead atoms. The Labute approximate surface area is 211 Å². The second-order valence-electron chi connectivity index (χ2n) is 7.81. The lowest BCUT2D eigenvalue weighted by atomic mass is 10.2. The predicted octanol–water partition coefficient (Wildman–Crippen LogP) is 5.21. The summed E-state index contributed by atoms with van der Waals surface area (Å²) in [5, 5.41) is 5.71. The van der Waals surface area contributed by atoms with Crippen molar-refractivity contribution in [3.8, 4) is 0 Å². The van der Waals surface area contributed by atoms with Crippen LogP contribution in [-0.2, 0) is 23.9 Å². The summed E-state index contributed by atoms with van der Waals surface area (Å²) in [5.41, 5.74) is 1.40. The van der Waals surface area contributed by atoms with Gasteiger partial charge >= 0.3 is 11.9 Å². The zero-order chi connectivity index (χ0) is 25.1. The summed E-state index contributed by atoms with van der Waals surface area (Å²) in [6.45, 7) is 3.80. The SMILES string of the molecule is CC(C)COC(=O)c1ccc(NC(=O)CCCC(=O)OCC(=O)Nc2ccc(Br)c(Cl)c2)cc1. The highest BCUT2D eigenvalue weighted by atomic mass is 79.9. The molecule has 0 unspecified atom stereocenters. The van der Waals surface area contributed by atoms with Gasteiger partial charge in [0.05, 0.1) is 17.2 Å². The number of halogens is 2. The average molecular weight is 554 g/mol. The molecule has 2 rings (SSSR count). The number of carbonyl (C=O) groups excluding carboxylic acids is 4. The van der Waals surface area contributed by atoms with E-state index in [-0.39, 0.29) is 31.1 Å². The Morgan fingerprint density at radius 1 is 0.912 bits per heavy atom. The fourth-order valence-corrected chi connectivity index (χ4v) is 3.05. The maximum absolute atomic E-state index is 12.1. The van der Waals surface area contributed by atoms with E-state index in [9.17, 15) is 19.2 Å². The predicted molar refractivity (Wildman–Crippen MR) is 133 cm³/mol. The van der Waals surface area contributed by atoms with E-state index in [0.717, 1.165) is 0 Å². The lowest BCUT2D eigenvalue weighted by Gasteiger charge is -2.09. The number of hydrogen-bond donors (Lipinski definition) is 2. The Kier molecular flexibility index (Phi) is 11.0. The number of hydrogen-bond acceptors (Lipinski definition) is 6. The van der Waals surface area contributed by atoms with Crippen LogP contribution in [0, 0.1) is 5.92 Å². The van der Waals surface area contributed by atoms with Crippen LogP contribution >= 0.6 is 27.5 Å². The fourth-order valence-electron chi connectivity index (χ4n) is 2.62. The van der Waals surface area contributed by atoms with Gasteiger partial charge < -0.3 is 20.1 Å². The molecule has 34 heavy (non-hydrogen) atoms. The molecule has 2 N–H and O–H groups in total. The van der Waals surface area contributed by atoms with Crippen LogP contribution in [0.3, 0.4) is 0 Å². The van der Waals surface area contributed by atoms with Gasteiger partial charge in [0.25, 0.3) is 5.91 Å². The van der Waals surface area contributed by atoms with Crippen LogP contribution in [0.2, 0.25) is 5.02 Å². The third-order valence-electron chi connectivity index (χ3n) is 4.30. The highest BCUT2D eigenvalue weighted by Gasteiger charge is 2.12. The molecule has 182 valence electrons. The summed E-state index contributed by atoms with van der Waals surface area (Å²) in [7, 11) is 0. The highest BCUT2D eigenvalue weighted by Crippen LogP contribution is 2.25. The van der Waals surface area contributed by atoms with Gasteiger partial charge in [0.15, 0.2) is 6.61 Å². The van der Waals surface area contributed by atoms with Crippen molar-refractivity contribution in [1.82, 2.24) is 0 Å². The first-order valence-electron chi connectivity index (χ1n) is 10.6. The summed E-state index contributed by atoms with van der Waals surface area (Å²) in [6.07, 6.45) is 0.344. The molecule has 0 saturated heterocycles. The van der Waals surface area contributed by atoms with E-state index < -0.39 is 24.5 Å². The molecule has 0 saturated carbocycles. The van der Waals surface area contributed by atoms with Crippen molar-refractivity contribution < 1.29 is 28.7 Å². The summed E-state index contributed by atoms with van der Waals surface area (Å²) in [6, 6.07) is 11.3. The molecule has 0 radical (unpaired) electrons. The molecule has 0 aliphatic rings. The van der Waals surface area contributed by atoms with Gasteiger partial charge in [-0.1, -0.05) is 25.4 Å². The zero-order valence-electron chi connectivity index (χ0n) is 18.9. The van der Waals surface area contributed by atoms with E-state index in [2.05, 4.69) is 26.6 Å². The zero-order valence-corrected chi connectivity index (χ0v) is 21.2. The molecular formula is C24H26BrClN2O6. The molecule has 2 amide bonds. The third kappa shape index (κ3) is 9.93. The van der Waals surface area contributed by atoms with Gasteiger partial charge in [-0.3, -0.25) is 14.4 Å². The van der Waals surface area contributed by atoms with Crippen LogP contribution in [0.1, 0.15) is 43.5 Å². The van der Waals surface area contributed by atoms with E-state index >= 15 is 0 Å². The molecule has 0 aliphatic heterocycles. The standard InChI is InChI=1S/C24H26BrClN2O6/c1-15(2)13-34-24(32)16-6-8-17(9-7-16)27-21(29)4-3-5-23(31)33-14-22(30)28-18-10-11-19(25)20(26)12-18/h6-12,15H,3-5,13-14H2,1-2H3,(H,27,29)(H,28,30). The van der Waals surface area contributed by atoms with Gasteiger partial charge in [-0.15, -0.1) is 0 Å². The molecule has 10 heteroatoms. The number of ether oxygens (including phenoxy) is 2. The van der Waals surface area contributed by atoms with E-state index in [4.69, 9.17) is 21.1 Å². The van der Waals surface area contributed by atoms with Gasteiger partial charge in [-0.05, 0) is 70.7 Å². The smallest absolute Gasteiger partial charge is 0.338 e. The monoisotopic (exact) mass is 552 g/mol. The summed E-state index contributed by atoms with van der Waals surface area (Å²) < 4.78 is 10.8. The van der Waals surface area contributed by atoms with Crippen molar-refractivity contribution in [1.29, 1.82) is 0 Å². The minimum atomic E-state index is -0.582. The lowest BCUT2D eigenvalue weighted by molar-refractivity contribution is -0.147. The Morgan fingerprint density at radius 2 is 1.56 bits per heavy atom. The summed E-state index contributed by atoms with van der Waals surface area (Å²) in [5.74, 6) is -1.54. The van der Waals surface area contributed by atoms with Crippen LogP contribution < -0.4 is 10.6 Å². The maximum atomic E-state index is 12.1. The van der Waals surface area contributed by atoms with Crippen LogP contribution in [-0.4, -0.2) is 37.0 Å². The molecule has 0 atom stereocenters. The topological polar surface area (TPSA) is 111 Å². The average Bonchev–Trinajstić information content (AvgIpc) is 2.79. The van der Waals surface area contributed by atoms with Gasteiger partial charge in [0.1, 0.15) is 0 Å². The number of carbonyl (C=O) groups is 4. The van der Waals surface area contributed by atoms with Gasteiger partial charge in [0.2, 0.25) is 5.91 Å². The first-order valence-corrected chi connectivity index (χ1v) is 11.8. The molecule has 2 aromatic carbocycles. The molecule has 0 aromatic heterocycles. The van der Waals surface area contributed by atoms with Crippen molar-refractivity contribution in [3.63, 3.8) is 0 Å². The third-order valence-corrected chi connectivity index (χ3v) is 5.54. The number of rotatable bonds is 11. The van der Waals surface area contributed by atoms with Crippen LogP contribution in [0.25, 0.3) is 0 Å². The van der Waals surface area contributed by atoms with E-state index in [0.29, 0.717) is 33.0 Å². The molecule has 0 fully saturated rings. The number of nitrogens with one attached hydrogen (secondary N) is 2. The van der Waals surface area contributed by atoms with Crippen molar-refractivity contribution in [2.24, 2.45) is 5.92 Å². The number of amides is 2. The first-order chi connectivity index (χ1) is 16.1. The van der Waals surface area contributed by atoms with Crippen molar-refractivity contribution in [2.45, 2.75) is 33.1 Å². The Bertz CT molecular complexity index is 1030. The number of benzene rings is 2. The van der Waals surface area contributed by atoms with Gasteiger partial charge in [-0.2, -0.15) is 0 Å². The lowest BCUT2D eigenvalue weighted by Crippen LogP contribution is -2.21. The van der Waals surface area contributed by atoms with E-state index in [1.807, 2.05) is 13.8 Å². The Hall–Kier alpha value is -2.91. The van der Waals surface area contributed by atoms with Crippen LogP contribution in [0.5, 0.6) is 0 Å². The second-order valence-corrected chi connectivity index (χ2v) is 9.07. The maximum Gasteiger partial charge on any atom is 0.338 e. The van der Waals surface area contributed by atoms with Crippen LogP contribution in [0.15, 0.2) is 46.9 Å². The fraction of sp³-hybridized carbons (Fsp3) is 0.333. The molecule has 0 heterocycles. The minimum Gasteiger partial charge on any atom is -0.462 e. The summed E-state index contributed by atoms with van der Waals surface area (Å²) in [4.78, 5) is 47.7. The van der Waals surface area contributed by atoms with E-state index in [1.165, 1.54) is 0 Å². The van der Waals surface area contributed by atoms with E-state index in [1.54, 1.807) is 42.5 Å². The Balaban J connectivity index is 1.65. The number of esters is 2. The molecular weight excluding hydrogens is 528 g/mol. The first kappa shape index (κ1) is 27.3. The number of anilines is 2. The van der Waals surface area contributed by atoms with Gasteiger partial charge in [-0.25, -0.2) is 4.79 Å². The summed E-state index contributed by atoms with van der Waals surface area (Å²) >= 11 is 9.22. The highest BCUT2D eigenvalue weighted by molar-refractivity contribution is 9.10. The quantitative estimate of drug-likeness (QED) is 0.370. The Morgan fingerprint density at radius 3 is 2.21 bits per heavy atom. The molecule has 0 spiro atoms. The molecule has 8 nitrogen and oxygen atoms in total. The van der Waals surface area contributed by atoms with Crippen molar-refractivity contribution >= 4 is 62.7 Å². The van der Waals surface area contributed by atoms with Crippen LogP contribution in [0.4, 0.5) is 11.4 Å². The molecule has 2 aromatic rings. The minimum absolute atomic E-state index is 0.00849. The van der Waals surface area contributed by atoms with Crippen molar-refractivity contribution in [3.05, 3.63) is 57.5 Å².